The number of hydrogen-bond donors (Lipinski definition) is 4. The van der Waals surface area contributed by atoms with E-state index in [0.29, 0.717) is 62.0 Å². The number of carbonyl (C=O) groups is 5. The fourth-order valence-electron chi connectivity index (χ4n) is 8.28. The Balaban J connectivity index is 0.000000262. The van der Waals surface area contributed by atoms with Gasteiger partial charge in [-0.3, -0.25) is 30.0 Å². The van der Waals surface area contributed by atoms with E-state index in [1.807, 2.05) is 9.80 Å². The van der Waals surface area contributed by atoms with Crippen LogP contribution in [0.2, 0.25) is 0 Å². The number of halogens is 6. The van der Waals surface area contributed by atoms with Gasteiger partial charge in [-0.15, -0.1) is 0 Å². The molecular formula is C45H54F6N12O6S2. The lowest BCUT2D eigenvalue weighted by molar-refractivity contribution is -0.172. The average Bonchev–Trinajstić information content (AvgIpc) is 3.91. The fraction of sp³-hybridized carbons (Fsp3) is 0.444. The van der Waals surface area contributed by atoms with Gasteiger partial charge in [-0.1, -0.05) is 12.1 Å². The number of fused-ring (bicyclic) bond motifs is 8. The molecule has 5 N–H and O–H groups in total. The minimum absolute atomic E-state index is 0. The summed E-state index contributed by atoms with van der Waals surface area (Å²) in [5, 5.41) is 7.51. The number of nitrogens with two attached hydrogens (primary N) is 1. The molecule has 8 rings (SSSR count). The largest absolute Gasteiger partial charge is 0.444 e. The summed E-state index contributed by atoms with van der Waals surface area (Å²) in [5.74, 6) is -4.58. The number of Topliss-reactive ketones (excluding diaryl/α,β-unsaturated/α-hetero) is 2. The van der Waals surface area contributed by atoms with Crippen LogP contribution in [-0.4, -0.2) is 119 Å². The van der Waals surface area contributed by atoms with Crippen LogP contribution < -0.4 is 41.3 Å². The molecule has 0 aromatic carbocycles. The zero-order chi connectivity index (χ0) is 49.8. The van der Waals surface area contributed by atoms with Crippen molar-refractivity contribution in [2.24, 2.45) is 17.6 Å². The fourth-order valence-corrected chi connectivity index (χ4v) is 8.28. The van der Waals surface area contributed by atoms with E-state index in [2.05, 4.69) is 35.9 Å². The van der Waals surface area contributed by atoms with Crippen molar-refractivity contribution in [3.8, 4) is 0 Å². The Morgan fingerprint density at radius 3 is 1.49 bits per heavy atom. The van der Waals surface area contributed by atoms with E-state index in [0.717, 1.165) is 0 Å². The summed E-state index contributed by atoms with van der Waals surface area (Å²) in [6, 6.07) is 14.8. The molecule has 4 aromatic heterocycles. The van der Waals surface area contributed by atoms with Crippen molar-refractivity contribution < 1.29 is 55.1 Å². The Morgan fingerprint density at radius 1 is 0.676 bits per heavy atom. The first-order chi connectivity index (χ1) is 32.6. The summed E-state index contributed by atoms with van der Waals surface area (Å²) < 4.78 is 85.2. The van der Waals surface area contributed by atoms with Gasteiger partial charge in [0, 0.05) is 64.5 Å². The summed E-state index contributed by atoms with van der Waals surface area (Å²) in [4.78, 5) is 87.4. The number of urea groups is 2. The van der Waals surface area contributed by atoms with Gasteiger partial charge in [-0.2, -0.15) is 53.3 Å². The number of nitrogens with zero attached hydrogens (tertiary/aromatic N) is 8. The summed E-state index contributed by atoms with van der Waals surface area (Å²) in [7, 11) is 0. The average molecular weight is 1040 g/mol. The molecule has 2 fully saturated rings. The van der Waals surface area contributed by atoms with E-state index in [1.54, 1.807) is 75.5 Å². The topological polar surface area (TPSA) is 221 Å². The van der Waals surface area contributed by atoms with Gasteiger partial charge in [0.2, 0.25) is 0 Å². The second-order valence-corrected chi connectivity index (χ2v) is 17.7. The van der Waals surface area contributed by atoms with Gasteiger partial charge >= 0.3 is 30.5 Å². The summed E-state index contributed by atoms with van der Waals surface area (Å²) in [5.41, 5.74) is 5.28. The number of amides is 5. The number of hydrogen-bond acceptors (Lipinski definition) is 13. The van der Waals surface area contributed by atoms with Gasteiger partial charge in [0.1, 0.15) is 28.6 Å². The van der Waals surface area contributed by atoms with Crippen molar-refractivity contribution >= 4 is 91.4 Å². The van der Waals surface area contributed by atoms with E-state index in [4.69, 9.17) is 10.5 Å². The number of rotatable bonds is 11. The number of aromatic nitrogens is 4. The lowest BCUT2D eigenvalue weighted by atomic mass is 9.99. The highest BCUT2D eigenvalue weighted by Crippen LogP contribution is 2.41. The molecule has 26 heteroatoms. The van der Waals surface area contributed by atoms with Crippen LogP contribution in [-0.2, 0) is 4.74 Å². The standard InChI is InChI=1S/C25H29F3N6O4.C20H21F3N6O2.2H2S/c1-24(2,3)38-23(37)30-13-15(25(26,27)28)12-19(35)17-7-8-18-21(31-17)34(16-9-11-33(18)14-16)22(36)32-20-6-4-5-10-29-20;21-20(22,23)12(10-24)9-16(30)14-4-5-15-18(26-14)29(13-6-8-28(15)11-13)19(31)27-17-3-1-2-7-25-17;;/h4-8,10,15-16H,9,11-14H2,1-3H3,(H,30,37)(H,29,32,36);1-5,7,12-13H,6,8-11,24H2,(H,25,27,31);2*1H2/t15?,16-;12?,13-;;/m00../s1. The number of carbonyl (C=O) groups excluding carboxylic acids is 5. The molecule has 4 aliphatic heterocycles. The maximum atomic E-state index is 13.7. The molecule has 2 saturated heterocycles. The van der Waals surface area contributed by atoms with E-state index in [-0.39, 0.29) is 62.1 Å². The highest BCUT2D eigenvalue weighted by molar-refractivity contribution is 7.59. The second kappa shape index (κ2) is 22.8. The first-order valence-corrected chi connectivity index (χ1v) is 22.0. The van der Waals surface area contributed by atoms with E-state index >= 15 is 0 Å². The van der Waals surface area contributed by atoms with Crippen LogP contribution in [0.25, 0.3) is 0 Å². The second-order valence-electron chi connectivity index (χ2n) is 17.7. The van der Waals surface area contributed by atoms with Gasteiger partial charge in [0.25, 0.3) is 0 Å². The number of alkyl halides is 6. The molecule has 0 radical (unpaired) electrons. The molecule has 4 aromatic rings. The number of nitrogens with one attached hydrogen (secondary N) is 3. The van der Waals surface area contributed by atoms with Crippen molar-refractivity contribution in [1.82, 2.24) is 25.3 Å². The van der Waals surface area contributed by atoms with Crippen molar-refractivity contribution in [1.29, 1.82) is 0 Å². The third kappa shape index (κ3) is 13.5. The van der Waals surface area contributed by atoms with E-state index in [1.165, 1.54) is 28.1 Å². The Kier molecular flexibility index (Phi) is 17.8. The highest BCUT2D eigenvalue weighted by atomic mass is 32.1. The zero-order valence-electron chi connectivity index (χ0n) is 38.7. The molecule has 0 saturated carbocycles. The molecule has 2 unspecified atom stereocenters. The van der Waals surface area contributed by atoms with Gasteiger partial charge in [-0.25, -0.2) is 34.3 Å². The maximum absolute atomic E-state index is 13.7. The monoisotopic (exact) mass is 1040 g/mol. The molecule has 384 valence electrons. The van der Waals surface area contributed by atoms with Gasteiger partial charge in [0.05, 0.1) is 35.3 Å². The third-order valence-electron chi connectivity index (χ3n) is 11.7. The summed E-state index contributed by atoms with van der Waals surface area (Å²) in [6.45, 7) is 5.81. The molecular weight excluding hydrogens is 983 g/mol. The summed E-state index contributed by atoms with van der Waals surface area (Å²) in [6.07, 6.45) is -7.61. The molecule has 4 bridgehead atoms. The Bertz CT molecular complexity index is 2540. The SMILES string of the molecule is CC(C)(C)OC(=O)NCC(CC(=O)c1ccc2c(n1)N(C(=O)Nc1ccccn1)[C@H]1CCN2C1)C(F)(F)F.NCC(CC(=O)c1ccc2c(n1)N(C(=O)Nc1ccccn1)[C@H]1CCN2C1)C(F)(F)F.S.S. The van der Waals surface area contributed by atoms with E-state index in [9.17, 15) is 50.3 Å². The van der Waals surface area contributed by atoms with Gasteiger partial charge < -0.3 is 25.6 Å². The predicted molar refractivity (Wildman–Crippen MR) is 262 cm³/mol. The van der Waals surface area contributed by atoms with Crippen LogP contribution in [0, 0.1) is 11.8 Å². The molecule has 71 heavy (non-hydrogen) atoms. The Morgan fingerprint density at radius 2 is 1.11 bits per heavy atom. The first-order valence-electron chi connectivity index (χ1n) is 22.0. The van der Waals surface area contributed by atoms with Crippen molar-refractivity contribution in [3.05, 3.63) is 84.4 Å². The van der Waals surface area contributed by atoms with Crippen molar-refractivity contribution in [2.45, 2.75) is 76.5 Å². The van der Waals surface area contributed by atoms with Crippen LogP contribution in [0.4, 0.5) is 75.4 Å². The smallest absolute Gasteiger partial charge is 0.407 e. The number of pyridine rings is 4. The molecule has 8 heterocycles. The summed E-state index contributed by atoms with van der Waals surface area (Å²) >= 11 is 0. The van der Waals surface area contributed by atoms with Crippen LogP contribution in [0.15, 0.2) is 73.1 Å². The normalized spacial score (nSPS) is 17.4. The minimum atomic E-state index is -4.75. The Hall–Kier alpha value is -6.41. The molecule has 0 aliphatic carbocycles. The molecule has 18 nitrogen and oxygen atoms in total. The van der Waals surface area contributed by atoms with Crippen LogP contribution in [0.1, 0.15) is 67.4 Å². The van der Waals surface area contributed by atoms with Crippen molar-refractivity contribution in [3.63, 3.8) is 0 Å². The zero-order valence-corrected chi connectivity index (χ0v) is 40.7. The maximum Gasteiger partial charge on any atom is 0.407 e. The van der Waals surface area contributed by atoms with Crippen LogP contribution in [0.5, 0.6) is 0 Å². The number of ketones is 2. The molecule has 4 aliphatic rings. The van der Waals surface area contributed by atoms with Crippen LogP contribution >= 0.6 is 27.0 Å². The molecule has 0 spiro atoms. The number of alkyl carbamates (subject to hydrolysis) is 1. The van der Waals surface area contributed by atoms with E-state index < -0.39 is 85.4 Å². The van der Waals surface area contributed by atoms with Crippen LogP contribution in [0.3, 0.4) is 0 Å². The highest BCUT2D eigenvalue weighted by Gasteiger charge is 2.45. The molecule has 5 amide bonds. The predicted octanol–water partition coefficient (Wildman–Crippen LogP) is 7.43. The van der Waals surface area contributed by atoms with Crippen molar-refractivity contribution in [2.75, 3.05) is 69.5 Å². The Labute approximate surface area is 418 Å². The number of ether oxygens (including phenoxy) is 1. The number of anilines is 6. The molecule has 4 atom stereocenters. The quantitative estimate of drug-likeness (QED) is 0.0850. The lowest BCUT2D eigenvalue weighted by Gasteiger charge is -2.35. The lowest BCUT2D eigenvalue weighted by Crippen LogP contribution is -2.48. The first kappa shape index (κ1) is 55.5. The third-order valence-corrected chi connectivity index (χ3v) is 11.7. The van der Waals surface area contributed by atoms with Gasteiger partial charge in [0.15, 0.2) is 23.2 Å². The van der Waals surface area contributed by atoms with Gasteiger partial charge in [-0.05, 0) is 82.1 Å². The minimum Gasteiger partial charge on any atom is -0.444 e.